The summed E-state index contributed by atoms with van der Waals surface area (Å²) in [5.74, 6) is -7.04. The van der Waals surface area contributed by atoms with Crippen LogP contribution in [0.2, 0.25) is 0 Å². The van der Waals surface area contributed by atoms with Crippen molar-refractivity contribution in [2.24, 2.45) is 11.5 Å². The largest absolute Gasteiger partial charge is 0.481 e. The Morgan fingerprint density at radius 1 is 0.787 bits per heavy atom. The van der Waals surface area contributed by atoms with Gasteiger partial charge in [0.05, 0.1) is 25.3 Å². The van der Waals surface area contributed by atoms with E-state index in [0.717, 1.165) is 0 Å². The van der Waals surface area contributed by atoms with E-state index in [1.54, 1.807) is 30.3 Å². The first-order valence-corrected chi connectivity index (χ1v) is 14.9. The Balaban J connectivity index is 3.02. The van der Waals surface area contributed by atoms with Crippen LogP contribution in [0, 0.1) is 0 Å². The number of hydrogen-bond donors (Lipinski definition) is 11. The van der Waals surface area contributed by atoms with Crippen LogP contribution >= 0.6 is 0 Å². The molecule has 0 aliphatic rings. The molecule has 0 aliphatic heterocycles. The molecule has 0 heterocycles. The molecule has 1 aromatic rings. The number of aliphatic hydroxyl groups excluding tert-OH is 2. The number of carbonyl (C=O) groups is 7. The number of aliphatic hydroxyl groups is 2. The van der Waals surface area contributed by atoms with Gasteiger partial charge in [0.15, 0.2) is 6.04 Å². The van der Waals surface area contributed by atoms with Crippen molar-refractivity contribution in [1.29, 1.82) is 0 Å². The van der Waals surface area contributed by atoms with Gasteiger partial charge in [-0.15, -0.1) is 0 Å². The summed E-state index contributed by atoms with van der Waals surface area (Å²) in [6.45, 7) is -0.0803. The van der Waals surface area contributed by atoms with Crippen LogP contribution < -0.4 is 38.1 Å². The van der Waals surface area contributed by atoms with Gasteiger partial charge in [0, 0.05) is 12.8 Å². The van der Waals surface area contributed by atoms with Crippen molar-refractivity contribution in [3.05, 3.63) is 35.9 Å². The third kappa shape index (κ3) is 15.5. The summed E-state index contributed by atoms with van der Waals surface area (Å²) in [4.78, 5) is 86.2. The van der Waals surface area contributed by atoms with E-state index < -0.39 is 97.4 Å². The maximum atomic E-state index is 13.4. The molecule has 1 aromatic carbocycles. The molecule has 0 bridgehead atoms. The van der Waals surface area contributed by atoms with E-state index in [1.165, 1.54) is 6.92 Å². The molecule has 1 rings (SSSR count). The van der Waals surface area contributed by atoms with Gasteiger partial charge in [-0.1, -0.05) is 30.3 Å². The number of benzene rings is 1. The van der Waals surface area contributed by atoms with Crippen molar-refractivity contribution in [2.75, 3.05) is 19.7 Å². The van der Waals surface area contributed by atoms with Crippen LogP contribution in [0.4, 0.5) is 0 Å². The highest BCUT2D eigenvalue weighted by Gasteiger charge is 2.31. The number of nitrogens with one attached hydrogen (secondary N) is 5. The van der Waals surface area contributed by atoms with E-state index >= 15 is 0 Å². The highest BCUT2D eigenvalue weighted by molar-refractivity contribution is 5.95. The molecule has 0 spiro atoms. The molecule has 0 aromatic heterocycles. The Kier molecular flexibility index (Phi) is 18.2. The number of carbonyl (C=O) groups excluding carboxylic acids is 5. The second-order valence-corrected chi connectivity index (χ2v) is 10.7. The summed E-state index contributed by atoms with van der Waals surface area (Å²) in [7, 11) is 0. The number of hydrogen-bond acceptors (Lipinski definition) is 11. The Morgan fingerprint density at radius 3 is 1.96 bits per heavy atom. The van der Waals surface area contributed by atoms with Crippen LogP contribution in [-0.4, -0.2) is 118 Å². The average molecular weight is 668 g/mol. The maximum Gasteiger partial charge on any atom is 0.328 e. The van der Waals surface area contributed by atoms with E-state index in [9.17, 15) is 48.9 Å². The zero-order valence-electron chi connectivity index (χ0n) is 26.0. The molecular formula is C29H45N7O11. The van der Waals surface area contributed by atoms with Gasteiger partial charge < -0.3 is 58.5 Å². The Bertz CT molecular complexity index is 1220. The van der Waals surface area contributed by atoms with Crippen LogP contribution in [0.25, 0.3) is 0 Å². The van der Waals surface area contributed by atoms with Crippen molar-refractivity contribution < 1.29 is 54.0 Å². The average Bonchev–Trinajstić information content (AvgIpc) is 3.02. The van der Waals surface area contributed by atoms with E-state index in [1.807, 2.05) is 0 Å². The summed E-state index contributed by atoms with van der Waals surface area (Å²) in [5, 5.41) is 49.0. The van der Waals surface area contributed by atoms with Gasteiger partial charge in [0.25, 0.3) is 0 Å². The fraction of sp³-hybridized carbons (Fsp3) is 0.552. The molecule has 0 radical (unpaired) electrons. The molecule has 5 amide bonds. The number of nitrogens with two attached hydrogens (primary N) is 2. The summed E-state index contributed by atoms with van der Waals surface area (Å²) < 4.78 is 0. The smallest absolute Gasteiger partial charge is 0.328 e. The topological polar surface area (TPSA) is 313 Å². The highest BCUT2D eigenvalue weighted by Crippen LogP contribution is 2.07. The molecule has 0 saturated heterocycles. The minimum Gasteiger partial charge on any atom is -0.481 e. The Morgan fingerprint density at radius 2 is 1.40 bits per heavy atom. The first-order chi connectivity index (χ1) is 22.2. The van der Waals surface area contributed by atoms with Crippen LogP contribution in [0.15, 0.2) is 30.3 Å². The van der Waals surface area contributed by atoms with Gasteiger partial charge in [-0.3, -0.25) is 28.8 Å². The fourth-order valence-corrected chi connectivity index (χ4v) is 4.15. The SMILES string of the molecule is C[C@@H](O)[C@H](NC(=O)[C@H](CCCCN)NC(=O)[C@H](Cc1ccccc1)NC(=O)CNC(=O)[C@H](CO)NC(=O)[C@@H](N)CCC(=O)O)C(=O)O. The Hall–Kier alpha value is -4.65. The zero-order valence-corrected chi connectivity index (χ0v) is 26.0. The summed E-state index contributed by atoms with van der Waals surface area (Å²) >= 11 is 0. The highest BCUT2D eigenvalue weighted by atomic mass is 16.4. The van der Waals surface area contributed by atoms with Gasteiger partial charge >= 0.3 is 11.9 Å². The molecule has 18 heteroatoms. The lowest BCUT2D eigenvalue weighted by molar-refractivity contribution is -0.145. The second-order valence-electron chi connectivity index (χ2n) is 10.7. The summed E-state index contributed by atoms with van der Waals surface area (Å²) in [6, 6.07) is 1.57. The van der Waals surface area contributed by atoms with Crippen LogP contribution in [0.1, 0.15) is 44.6 Å². The lowest BCUT2D eigenvalue weighted by Crippen LogP contribution is -2.58. The van der Waals surface area contributed by atoms with Crippen LogP contribution in [-0.2, 0) is 40.0 Å². The van der Waals surface area contributed by atoms with Crippen molar-refractivity contribution in [3.63, 3.8) is 0 Å². The molecule has 6 atom stereocenters. The normalized spacial score (nSPS) is 14.7. The van der Waals surface area contributed by atoms with Crippen molar-refractivity contribution in [1.82, 2.24) is 26.6 Å². The van der Waals surface area contributed by atoms with E-state index in [0.29, 0.717) is 24.9 Å². The minimum absolute atomic E-state index is 0.0432. The van der Waals surface area contributed by atoms with Crippen LogP contribution in [0.3, 0.4) is 0 Å². The predicted octanol–water partition coefficient (Wildman–Crippen LogP) is -3.94. The minimum atomic E-state index is -1.65. The molecule has 47 heavy (non-hydrogen) atoms. The molecule has 0 saturated carbocycles. The Labute approximate surface area is 271 Å². The fourth-order valence-electron chi connectivity index (χ4n) is 4.15. The van der Waals surface area contributed by atoms with E-state index in [-0.39, 0.29) is 19.3 Å². The van der Waals surface area contributed by atoms with E-state index in [2.05, 4.69) is 26.6 Å². The number of unbranched alkanes of at least 4 members (excludes halogenated alkanes) is 1. The standard InChI is InChI=1S/C29H45N7O11/c1-16(38)24(29(46)47)36-27(44)19(9-5-6-12-30)34-28(45)20(13-17-7-3-2-4-8-17)33-22(39)14-32-26(43)21(15-37)35-25(42)18(31)10-11-23(40)41/h2-4,7-8,16,18-21,24,37-38H,5-6,9-15,30-31H2,1H3,(H,32,43)(H,33,39)(H,34,45)(H,35,42)(H,36,44)(H,40,41)(H,46,47)/t16-,18+,19+,20+,21+,24+/m1/s1. The number of carboxylic acid groups (broad SMARTS) is 2. The third-order valence-electron chi connectivity index (χ3n) is 6.81. The third-order valence-corrected chi connectivity index (χ3v) is 6.81. The van der Waals surface area contributed by atoms with Crippen LogP contribution in [0.5, 0.6) is 0 Å². The van der Waals surface area contributed by atoms with Gasteiger partial charge in [-0.05, 0) is 44.7 Å². The van der Waals surface area contributed by atoms with Gasteiger partial charge in [0.1, 0.15) is 18.1 Å². The lowest BCUT2D eigenvalue weighted by atomic mass is 10.0. The van der Waals surface area contributed by atoms with Gasteiger partial charge in [-0.25, -0.2) is 4.79 Å². The molecule has 0 unspecified atom stereocenters. The van der Waals surface area contributed by atoms with E-state index in [4.69, 9.17) is 16.6 Å². The number of carboxylic acids is 2. The summed E-state index contributed by atoms with van der Waals surface area (Å²) in [6.07, 6.45) is -1.15. The predicted molar refractivity (Wildman–Crippen MR) is 165 cm³/mol. The molecule has 0 fully saturated rings. The zero-order chi connectivity index (χ0) is 35.5. The maximum absolute atomic E-state index is 13.4. The number of aliphatic carboxylic acids is 2. The lowest BCUT2D eigenvalue weighted by Gasteiger charge is -2.25. The first kappa shape index (κ1) is 40.4. The molecule has 0 aliphatic carbocycles. The quantitative estimate of drug-likeness (QED) is 0.0527. The molecule has 262 valence electrons. The van der Waals surface area contributed by atoms with Crippen molar-refractivity contribution in [3.8, 4) is 0 Å². The van der Waals surface area contributed by atoms with Gasteiger partial charge in [0.2, 0.25) is 29.5 Å². The first-order valence-electron chi connectivity index (χ1n) is 14.9. The van der Waals surface area contributed by atoms with Crippen molar-refractivity contribution in [2.45, 2.75) is 81.8 Å². The second kappa shape index (κ2) is 21.2. The molecule has 13 N–H and O–H groups in total. The monoisotopic (exact) mass is 667 g/mol. The van der Waals surface area contributed by atoms with Gasteiger partial charge in [-0.2, -0.15) is 0 Å². The number of rotatable bonds is 22. The summed E-state index contributed by atoms with van der Waals surface area (Å²) in [5.41, 5.74) is 11.8. The molecule has 18 nitrogen and oxygen atoms in total. The number of amides is 5. The van der Waals surface area contributed by atoms with Crippen molar-refractivity contribution >= 4 is 41.5 Å². The molecular weight excluding hydrogens is 622 g/mol.